The summed E-state index contributed by atoms with van der Waals surface area (Å²) in [5.41, 5.74) is 2.74. The fourth-order valence-corrected chi connectivity index (χ4v) is 4.05. The number of hydrogen-bond acceptors (Lipinski definition) is 6. The molecule has 7 nitrogen and oxygen atoms in total. The highest BCUT2D eigenvalue weighted by molar-refractivity contribution is 5.76. The first-order chi connectivity index (χ1) is 15.0. The Bertz CT molecular complexity index is 1070. The van der Waals surface area contributed by atoms with Crippen LogP contribution in [0.5, 0.6) is 28.7 Å². The van der Waals surface area contributed by atoms with Crippen molar-refractivity contribution in [3.05, 3.63) is 41.0 Å². The smallest absolute Gasteiger partial charge is 0.231 e. The van der Waals surface area contributed by atoms with E-state index in [2.05, 4.69) is 25.9 Å². The number of hydrogen-bond donors (Lipinski definition) is 0. The van der Waals surface area contributed by atoms with Crippen molar-refractivity contribution in [1.29, 1.82) is 0 Å². The largest absolute Gasteiger partial charge is 0.493 e. The predicted octanol–water partition coefficient (Wildman–Crippen LogP) is 3.00. The first-order valence-corrected chi connectivity index (χ1v) is 10.0. The van der Waals surface area contributed by atoms with Crippen LogP contribution in [0.25, 0.3) is 0 Å². The van der Waals surface area contributed by atoms with E-state index in [9.17, 15) is 4.79 Å². The summed E-state index contributed by atoms with van der Waals surface area (Å²) < 4.78 is 28.8. The zero-order valence-corrected chi connectivity index (χ0v) is 18.2. The molecule has 0 aliphatic carbocycles. The standard InChI is InChI=1S/C24H26NO6/c1-25(2)10-9-17-13-21-23(31-15-30-21)24(28-4)22(17)18(25)6-5-11-29-19-8-7-16(14-26)12-20(19)27-3/h7-8,12-14,18H,9-11,15H2,1-4H3/q+1/t18-/m1/s1. The van der Waals surface area contributed by atoms with E-state index in [-0.39, 0.29) is 19.4 Å². The second kappa shape index (κ2) is 8.40. The SMILES string of the molecule is COc1cc(C=O)ccc1OCC#C[C@@H]1c2c(cc3c(c2OC)OCO3)CC[N+]1(C)C. The van der Waals surface area contributed by atoms with Gasteiger partial charge in [-0.2, -0.15) is 0 Å². The summed E-state index contributed by atoms with van der Waals surface area (Å²) in [6.45, 7) is 1.33. The minimum atomic E-state index is -0.101. The Labute approximate surface area is 182 Å². The van der Waals surface area contributed by atoms with Crippen LogP contribution in [0.3, 0.4) is 0 Å². The normalized spacial score (nSPS) is 17.7. The molecule has 31 heavy (non-hydrogen) atoms. The number of fused-ring (bicyclic) bond motifs is 2. The minimum Gasteiger partial charge on any atom is -0.493 e. The Morgan fingerprint density at radius 3 is 2.74 bits per heavy atom. The molecule has 1 atom stereocenters. The number of benzene rings is 2. The van der Waals surface area contributed by atoms with E-state index < -0.39 is 0 Å². The fourth-order valence-electron chi connectivity index (χ4n) is 4.05. The highest BCUT2D eigenvalue weighted by Gasteiger charge is 2.40. The molecule has 2 heterocycles. The van der Waals surface area contributed by atoms with Gasteiger partial charge in [0, 0.05) is 12.0 Å². The van der Waals surface area contributed by atoms with Gasteiger partial charge in [0.2, 0.25) is 12.5 Å². The quantitative estimate of drug-likeness (QED) is 0.418. The van der Waals surface area contributed by atoms with Gasteiger partial charge in [-0.05, 0) is 35.7 Å². The molecule has 0 fully saturated rings. The average molecular weight is 424 g/mol. The Kier molecular flexibility index (Phi) is 5.66. The molecule has 0 saturated carbocycles. The lowest BCUT2D eigenvalue weighted by atomic mass is 9.89. The molecule has 0 radical (unpaired) electrons. The van der Waals surface area contributed by atoms with E-state index in [0.29, 0.717) is 33.0 Å². The average Bonchev–Trinajstić information content (AvgIpc) is 3.24. The zero-order chi connectivity index (χ0) is 22.0. The van der Waals surface area contributed by atoms with Gasteiger partial charge in [-0.25, -0.2) is 0 Å². The summed E-state index contributed by atoms with van der Waals surface area (Å²) in [6.07, 6.45) is 1.68. The first kappa shape index (κ1) is 20.9. The molecule has 0 amide bonds. The molecular formula is C24H26NO6+. The second-order valence-electron chi connectivity index (χ2n) is 8.01. The Hall–Kier alpha value is -3.37. The van der Waals surface area contributed by atoms with E-state index in [0.717, 1.165) is 30.6 Å². The molecule has 7 heteroatoms. The van der Waals surface area contributed by atoms with Crippen LogP contribution >= 0.6 is 0 Å². The van der Waals surface area contributed by atoms with E-state index in [1.165, 1.54) is 12.7 Å². The van der Waals surface area contributed by atoms with Crippen molar-refractivity contribution in [2.24, 2.45) is 0 Å². The van der Waals surface area contributed by atoms with Gasteiger partial charge in [-0.3, -0.25) is 4.79 Å². The molecule has 2 aliphatic heterocycles. The van der Waals surface area contributed by atoms with Crippen LogP contribution in [0, 0.1) is 11.8 Å². The minimum absolute atomic E-state index is 0.101. The second-order valence-corrected chi connectivity index (χ2v) is 8.01. The molecule has 0 unspecified atom stereocenters. The Morgan fingerprint density at radius 2 is 2.00 bits per heavy atom. The van der Waals surface area contributed by atoms with Crippen LogP contribution < -0.4 is 23.7 Å². The fraction of sp³-hybridized carbons (Fsp3) is 0.375. The molecule has 0 saturated heterocycles. The molecule has 162 valence electrons. The van der Waals surface area contributed by atoms with Gasteiger partial charge in [-0.15, -0.1) is 0 Å². The Balaban J connectivity index is 1.61. The van der Waals surface area contributed by atoms with Gasteiger partial charge < -0.3 is 28.2 Å². The number of rotatable bonds is 5. The van der Waals surface area contributed by atoms with E-state index in [4.69, 9.17) is 23.7 Å². The molecule has 0 N–H and O–H groups in total. The molecule has 0 spiro atoms. The number of carbonyl (C=O) groups excluding carboxylic acids is 1. The van der Waals surface area contributed by atoms with Gasteiger partial charge in [0.05, 0.1) is 40.4 Å². The van der Waals surface area contributed by atoms with Crippen LogP contribution in [0.2, 0.25) is 0 Å². The number of aldehydes is 1. The summed E-state index contributed by atoms with van der Waals surface area (Å²) in [6, 6.07) is 6.98. The lowest BCUT2D eigenvalue weighted by Crippen LogP contribution is -2.47. The van der Waals surface area contributed by atoms with E-state index in [1.807, 2.05) is 6.07 Å². The van der Waals surface area contributed by atoms with Crippen molar-refractivity contribution < 1.29 is 33.0 Å². The van der Waals surface area contributed by atoms with Crippen molar-refractivity contribution in [1.82, 2.24) is 0 Å². The molecular weight excluding hydrogens is 398 g/mol. The van der Waals surface area contributed by atoms with Gasteiger partial charge >= 0.3 is 0 Å². The molecule has 0 aromatic heterocycles. The van der Waals surface area contributed by atoms with Crippen LogP contribution in [0.4, 0.5) is 0 Å². The number of carbonyl (C=O) groups is 1. The topological polar surface area (TPSA) is 63.2 Å². The highest BCUT2D eigenvalue weighted by Crippen LogP contribution is 2.50. The van der Waals surface area contributed by atoms with Crippen molar-refractivity contribution in [2.75, 3.05) is 48.3 Å². The van der Waals surface area contributed by atoms with Crippen LogP contribution in [-0.4, -0.2) is 59.0 Å². The maximum Gasteiger partial charge on any atom is 0.231 e. The highest BCUT2D eigenvalue weighted by atomic mass is 16.7. The number of likely N-dealkylation sites (N-methyl/N-ethyl adjacent to an activating group) is 1. The summed E-state index contributed by atoms with van der Waals surface area (Å²) in [5, 5.41) is 0. The van der Waals surface area contributed by atoms with Crippen LogP contribution in [0.15, 0.2) is 24.3 Å². The van der Waals surface area contributed by atoms with Crippen molar-refractivity contribution >= 4 is 6.29 Å². The third-order valence-corrected chi connectivity index (χ3v) is 5.74. The van der Waals surface area contributed by atoms with Gasteiger partial charge in [0.15, 0.2) is 29.0 Å². The maximum absolute atomic E-state index is 11.0. The van der Waals surface area contributed by atoms with Crippen molar-refractivity contribution in [3.63, 3.8) is 0 Å². The van der Waals surface area contributed by atoms with Crippen LogP contribution in [-0.2, 0) is 6.42 Å². The molecule has 2 aromatic carbocycles. The monoisotopic (exact) mass is 424 g/mol. The van der Waals surface area contributed by atoms with Crippen LogP contribution in [0.1, 0.15) is 27.5 Å². The summed E-state index contributed by atoms with van der Waals surface area (Å²) in [4.78, 5) is 11.0. The first-order valence-electron chi connectivity index (χ1n) is 10.0. The molecule has 0 bridgehead atoms. The number of nitrogens with zero attached hydrogens (tertiary/aromatic N) is 1. The third-order valence-electron chi connectivity index (χ3n) is 5.74. The number of ether oxygens (including phenoxy) is 5. The molecule has 2 aromatic rings. The van der Waals surface area contributed by atoms with Crippen molar-refractivity contribution in [2.45, 2.75) is 12.5 Å². The lowest BCUT2D eigenvalue weighted by Gasteiger charge is -2.40. The summed E-state index contributed by atoms with van der Waals surface area (Å²) in [5.74, 6) is 9.66. The Morgan fingerprint density at radius 1 is 1.16 bits per heavy atom. The summed E-state index contributed by atoms with van der Waals surface area (Å²) in [7, 11) is 7.51. The summed E-state index contributed by atoms with van der Waals surface area (Å²) >= 11 is 0. The third kappa shape index (κ3) is 3.87. The molecule has 4 rings (SSSR count). The number of quaternary nitrogens is 1. The van der Waals surface area contributed by atoms with Gasteiger partial charge in [0.1, 0.15) is 12.9 Å². The van der Waals surface area contributed by atoms with Gasteiger partial charge in [-0.1, -0.05) is 5.92 Å². The van der Waals surface area contributed by atoms with Crippen molar-refractivity contribution in [3.8, 4) is 40.6 Å². The maximum atomic E-state index is 11.0. The number of methoxy groups -OCH3 is 2. The zero-order valence-electron chi connectivity index (χ0n) is 18.2. The van der Waals surface area contributed by atoms with E-state index in [1.54, 1.807) is 25.3 Å². The van der Waals surface area contributed by atoms with Gasteiger partial charge in [0.25, 0.3) is 0 Å². The van der Waals surface area contributed by atoms with E-state index >= 15 is 0 Å². The lowest BCUT2D eigenvalue weighted by molar-refractivity contribution is -0.914. The predicted molar refractivity (Wildman–Crippen MR) is 114 cm³/mol. The molecule has 2 aliphatic rings.